The van der Waals surface area contributed by atoms with Crippen LogP contribution in [0.3, 0.4) is 0 Å². The molecule has 1 aromatic carbocycles. The van der Waals surface area contributed by atoms with Crippen LogP contribution in [0, 0.1) is 0 Å². The molecule has 28 heavy (non-hydrogen) atoms. The minimum Gasteiger partial charge on any atom is -0.302 e. The monoisotopic (exact) mass is 434 g/mol. The molecule has 2 nitrogen and oxygen atoms in total. The molecule has 0 bridgehead atoms. The first-order valence-electron chi connectivity index (χ1n) is 6.64. The molecule has 0 amide bonds. The number of aldehydes is 2. The zero-order valence-electron chi connectivity index (χ0n) is 12.8. The van der Waals surface area contributed by atoms with E-state index in [0.717, 1.165) is 0 Å². The Kier molecular flexibility index (Phi) is 5.65. The van der Waals surface area contributed by atoms with Gasteiger partial charge < -0.3 is 9.59 Å². The molecule has 0 atom stereocenters. The van der Waals surface area contributed by atoms with E-state index in [-0.39, 0.29) is 18.2 Å². The highest BCUT2D eigenvalue weighted by molar-refractivity contribution is 5.75. The van der Waals surface area contributed by atoms with Gasteiger partial charge in [0.2, 0.25) is 10.8 Å². The first kappa shape index (κ1) is 23.8. The lowest BCUT2D eigenvalue weighted by Gasteiger charge is -2.36. The lowest BCUT2D eigenvalue weighted by atomic mass is 9.75. The average molecular weight is 434 g/mol. The molecule has 0 aliphatic carbocycles. The van der Waals surface area contributed by atoms with Crippen LogP contribution >= 0.6 is 0 Å². The Morgan fingerprint density at radius 3 is 0.964 bits per heavy atom. The summed E-state index contributed by atoms with van der Waals surface area (Å²) in [6.45, 7) is 0. The van der Waals surface area contributed by atoms with Gasteiger partial charge in [-0.05, 0) is 11.1 Å². The van der Waals surface area contributed by atoms with Crippen LogP contribution in [-0.4, -0.2) is 37.3 Å². The van der Waals surface area contributed by atoms with E-state index in [1.807, 2.05) is 0 Å². The van der Waals surface area contributed by atoms with Crippen LogP contribution in [0.4, 0.5) is 52.7 Å². The number of hydrogen-bond donors (Lipinski definition) is 0. The molecule has 0 saturated heterocycles. The fourth-order valence-electron chi connectivity index (χ4n) is 2.39. The number of rotatable bonds is 4. The number of hydrogen-bond acceptors (Lipinski definition) is 2. The standard InChI is InChI=1S/C14H6F12O2/c15-11(16,17)9(5-27,12(18,19)20)7-2-1-3-8(4-7)10(6-28,13(21,22)23)14(24,25)26/h1-6H. The van der Waals surface area contributed by atoms with Gasteiger partial charge in [0.15, 0.2) is 0 Å². The topological polar surface area (TPSA) is 34.1 Å². The minimum atomic E-state index is -6.47. The van der Waals surface area contributed by atoms with Crippen LogP contribution < -0.4 is 0 Å². The smallest absolute Gasteiger partial charge is 0.302 e. The van der Waals surface area contributed by atoms with Crippen LogP contribution in [0.5, 0.6) is 0 Å². The highest BCUT2D eigenvalue weighted by Crippen LogP contribution is 2.54. The SMILES string of the molecule is O=CC(c1cccc(C(C=O)(C(F)(F)F)C(F)(F)F)c1)(C(F)(F)F)C(F)(F)F. The van der Waals surface area contributed by atoms with Crippen LogP contribution in [-0.2, 0) is 20.4 Å². The maximum Gasteiger partial charge on any atom is 0.413 e. The quantitative estimate of drug-likeness (QED) is 0.504. The molecule has 0 fully saturated rings. The molecule has 1 rings (SSSR count). The average Bonchev–Trinajstić information content (AvgIpc) is 2.44. The summed E-state index contributed by atoms with van der Waals surface area (Å²) in [5.74, 6) is 0. The summed E-state index contributed by atoms with van der Waals surface area (Å²) in [5.41, 5.74) is -15.4. The normalized spacial score (nSPS) is 14.7. The summed E-state index contributed by atoms with van der Waals surface area (Å²) in [5, 5.41) is 0. The Hall–Kier alpha value is -2.28. The Morgan fingerprint density at radius 1 is 0.536 bits per heavy atom. The number of benzene rings is 1. The summed E-state index contributed by atoms with van der Waals surface area (Å²) >= 11 is 0. The summed E-state index contributed by atoms with van der Waals surface area (Å²) in [7, 11) is 0. The minimum absolute atomic E-state index is 0.0100. The number of carbonyl (C=O) groups excluding carboxylic acids is 2. The van der Waals surface area contributed by atoms with Crippen molar-refractivity contribution in [1.29, 1.82) is 0 Å². The first-order chi connectivity index (χ1) is 12.3. The van der Waals surface area contributed by atoms with Crippen molar-refractivity contribution >= 4 is 12.6 Å². The van der Waals surface area contributed by atoms with Crippen LogP contribution in [0.2, 0.25) is 0 Å². The van der Waals surface area contributed by atoms with E-state index in [4.69, 9.17) is 0 Å². The molecule has 0 heterocycles. The van der Waals surface area contributed by atoms with E-state index in [1.54, 1.807) is 0 Å². The van der Waals surface area contributed by atoms with Crippen LogP contribution in [0.1, 0.15) is 11.1 Å². The Morgan fingerprint density at radius 2 is 0.786 bits per heavy atom. The van der Waals surface area contributed by atoms with Gasteiger partial charge in [-0.15, -0.1) is 0 Å². The largest absolute Gasteiger partial charge is 0.413 e. The van der Waals surface area contributed by atoms with E-state index in [9.17, 15) is 62.3 Å². The van der Waals surface area contributed by atoms with Crippen LogP contribution in [0.15, 0.2) is 24.3 Å². The number of carbonyl (C=O) groups is 2. The molecule has 14 heteroatoms. The number of alkyl halides is 12. The molecular weight excluding hydrogens is 428 g/mol. The molecule has 0 radical (unpaired) electrons. The van der Waals surface area contributed by atoms with E-state index >= 15 is 0 Å². The second kappa shape index (κ2) is 6.65. The third-order valence-corrected chi connectivity index (χ3v) is 3.92. The molecule has 0 N–H and O–H groups in total. The third kappa shape index (κ3) is 3.21. The van der Waals surface area contributed by atoms with Gasteiger partial charge in [-0.1, -0.05) is 24.3 Å². The predicted octanol–water partition coefficient (Wildman–Crippen LogP) is 4.81. The fourth-order valence-corrected chi connectivity index (χ4v) is 2.39. The maximum absolute atomic E-state index is 13.1. The zero-order chi connectivity index (χ0) is 22.4. The number of halogens is 12. The van der Waals surface area contributed by atoms with Crippen molar-refractivity contribution in [2.24, 2.45) is 0 Å². The van der Waals surface area contributed by atoms with Crippen molar-refractivity contribution in [3.63, 3.8) is 0 Å². The van der Waals surface area contributed by atoms with Crippen molar-refractivity contribution < 1.29 is 62.3 Å². The van der Waals surface area contributed by atoms with Gasteiger partial charge in [-0.25, -0.2) is 0 Å². The summed E-state index contributed by atoms with van der Waals surface area (Å²) < 4.78 is 157. The molecule has 0 aliphatic heterocycles. The lowest BCUT2D eigenvalue weighted by molar-refractivity contribution is -0.286. The van der Waals surface area contributed by atoms with Crippen LogP contribution in [0.25, 0.3) is 0 Å². The van der Waals surface area contributed by atoms with E-state index in [1.165, 1.54) is 0 Å². The van der Waals surface area contributed by atoms with Gasteiger partial charge in [0.05, 0.1) is 0 Å². The maximum atomic E-state index is 13.1. The summed E-state index contributed by atoms with van der Waals surface area (Å²) in [6, 6.07) is -0.997. The lowest BCUT2D eigenvalue weighted by Crippen LogP contribution is -2.57. The van der Waals surface area contributed by atoms with E-state index < -0.39 is 65.3 Å². The fraction of sp³-hybridized carbons (Fsp3) is 0.429. The van der Waals surface area contributed by atoms with Crippen molar-refractivity contribution in [2.45, 2.75) is 35.5 Å². The van der Waals surface area contributed by atoms with E-state index in [2.05, 4.69) is 0 Å². The molecule has 0 aliphatic rings. The zero-order valence-corrected chi connectivity index (χ0v) is 12.8. The van der Waals surface area contributed by atoms with Gasteiger partial charge in [0.25, 0.3) is 0 Å². The van der Waals surface area contributed by atoms with Crippen molar-refractivity contribution in [3.05, 3.63) is 35.4 Å². The molecular formula is C14H6F12O2. The highest BCUT2D eigenvalue weighted by atomic mass is 19.4. The molecule has 0 spiro atoms. The van der Waals surface area contributed by atoms with Gasteiger partial charge in [-0.2, -0.15) is 52.7 Å². The van der Waals surface area contributed by atoms with Crippen molar-refractivity contribution in [1.82, 2.24) is 0 Å². The van der Waals surface area contributed by atoms with Gasteiger partial charge in [0.1, 0.15) is 12.6 Å². The highest BCUT2D eigenvalue weighted by Gasteiger charge is 2.74. The summed E-state index contributed by atoms with van der Waals surface area (Å²) in [4.78, 5) is 21.6. The molecule has 0 saturated carbocycles. The second-order valence-corrected chi connectivity index (χ2v) is 5.42. The Bertz CT molecular complexity index is 651. The van der Waals surface area contributed by atoms with Gasteiger partial charge in [0, 0.05) is 0 Å². The van der Waals surface area contributed by atoms with Gasteiger partial charge >= 0.3 is 24.7 Å². The first-order valence-corrected chi connectivity index (χ1v) is 6.64. The Labute approximate surface area is 147 Å². The third-order valence-electron chi connectivity index (χ3n) is 3.92. The van der Waals surface area contributed by atoms with E-state index in [0.29, 0.717) is 0 Å². The van der Waals surface area contributed by atoms with Crippen molar-refractivity contribution in [2.75, 3.05) is 0 Å². The summed E-state index contributed by atoms with van der Waals surface area (Å²) in [6.07, 6.45) is -29.2. The molecule has 0 unspecified atom stereocenters. The van der Waals surface area contributed by atoms with Crippen molar-refractivity contribution in [3.8, 4) is 0 Å². The Balaban J connectivity index is 4.02. The molecule has 158 valence electrons. The van der Waals surface area contributed by atoms with Gasteiger partial charge in [-0.3, -0.25) is 0 Å². The molecule has 0 aromatic heterocycles. The predicted molar refractivity (Wildman–Crippen MR) is 66.1 cm³/mol. The molecule has 1 aromatic rings. The second-order valence-electron chi connectivity index (χ2n) is 5.42.